The van der Waals surface area contributed by atoms with Crippen molar-refractivity contribution in [3.63, 3.8) is 0 Å². The molecule has 0 spiro atoms. The molecule has 2 aliphatic heterocycles. The van der Waals surface area contributed by atoms with E-state index in [4.69, 9.17) is 4.74 Å². The summed E-state index contributed by atoms with van der Waals surface area (Å²) in [5.74, 6) is -0.711. The summed E-state index contributed by atoms with van der Waals surface area (Å²) >= 11 is 1.73. The van der Waals surface area contributed by atoms with Crippen LogP contribution in [0.1, 0.15) is 13.8 Å². The van der Waals surface area contributed by atoms with Crippen molar-refractivity contribution in [2.24, 2.45) is 0 Å². The highest BCUT2D eigenvalue weighted by molar-refractivity contribution is 7.17. The summed E-state index contributed by atoms with van der Waals surface area (Å²) in [6.45, 7) is 9.15. The van der Waals surface area contributed by atoms with Gasteiger partial charge in [-0.2, -0.15) is 0 Å². The molecule has 198 valence electrons. The Bertz CT molecular complexity index is 1480. The topological polar surface area (TPSA) is 56.8 Å². The third-order valence-corrected chi connectivity index (χ3v) is 8.16. The average molecular weight is 537 g/mol. The molecule has 7 nitrogen and oxygen atoms in total. The monoisotopic (exact) mass is 536 g/mol. The van der Waals surface area contributed by atoms with E-state index in [1.165, 1.54) is 16.5 Å². The molecule has 0 bridgehead atoms. The lowest BCUT2D eigenvalue weighted by Gasteiger charge is -2.34. The van der Waals surface area contributed by atoms with Gasteiger partial charge in [-0.25, -0.2) is 18.7 Å². The standard InChI is InChI=1S/C28H30F2N6OS/c1-17(2)36-10-11-37-27-21(29)12-18(13-23(27)36)26-22(30)15-31-28(33-26)32-19-4-5-25-20(14-19)24(16-38-25)35-8-6-34(3)7-9-35/h4-5,12-17H,6-11H2,1-3H3,(H,31,32,33). The molecule has 1 N–H and O–H groups in total. The number of fused-ring (bicyclic) bond motifs is 2. The number of halogens is 2. The number of hydrogen-bond donors (Lipinski definition) is 1. The summed E-state index contributed by atoms with van der Waals surface area (Å²) in [7, 11) is 2.15. The quantitative estimate of drug-likeness (QED) is 0.349. The number of anilines is 4. The molecule has 4 heterocycles. The van der Waals surface area contributed by atoms with Gasteiger partial charge in [-0.3, -0.25) is 0 Å². The van der Waals surface area contributed by atoms with Gasteiger partial charge in [0.25, 0.3) is 0 Å². The van der Waals surface area contributed by atoms with Gasteiger partial charge in [-0.05, 0) is 51.2 Å². The number of nitrogens with zero attached hydrogens (tertiary/aromatic N) is 5. The Balaban J connectivity index is 1.31. The fourth-order valence-electron chi connectivity index (χ4n) is 5.12. The van der Waals surface area contributed by atoms with Gasteiger partial charge in [-0.15, -0.1) is 11.3 Å². The molecular formula is C28H30F2N6OS. The lowest BCUT2D eigenvalue weighted by atomic mass is 10.1. The van der Waals surface area contributed by atoms with Crippen molar-refractivity contribution < 1.29 is 13.5 Å². The summed E-state index contributed by atoms with van der Waals surface area (Å²) in [5.41, 5.74) is 3.01. The summed E-state index contributed by atoms with van der Waals surface area (Å²) in [5, 5.41) is 6.60. The largest absolute Gasteiger partial charge is 0.486 e. The van der Waals surface area contributed by atoms with Gasteiger partial charge < -0.3 is 24.8 Å². The summed E-state index contributed by atoms with van der Waals surface area (Å²) < 4.78 is 36.7. The first-order chi connectivity index (χ1) is 18.4. The van der Waals surface area contributed by atoms with Crippen LogP contribution in [0.4, 0.5) is 31.8 Å². The highest BCUT2D eigenvalue weighted by atomic mass is 32.1. The number of ether oxygens (including phenoxy) is 1. The van der Waals surface area contributed by atoms with Gasteiger partial charge in [0, 0.05) is 58.9 Å². The van der Waals surface area contributed by atoms with Crippen LogP contribution in [0.25, 0.3) is 21.3 Å². The van der Waals surface area contributed by atoms with Crippen LogP contribution in [-0.4, -0.2) is 67.3 Å². The molecule has 0 amide bonds. The van der Waals surface area contributed by atoms with E-state index in [1.807, 2.05) is 19.9 Å². The van der Waals surface area contributed by atoms with E-state index in [0.29, 0.717) is 24.4 Å². The first-order valence-electron chi connectivity index (χ1n) is 12.8. The Labute approximate surface area is 224 Å². The van der Waals surface area contributed by atoms with Crippen LogP contribution >= 0.6 is 11.3 Å². The molecule has 2 aromatic carbocycles. The molecular weight excluding hydrogens is 506 g/mol. The molecule has 0 aliphatic carbocycles. The van der Waals surface area contributed by atoms with E-state index < -0.39 is 11.6 Å². The zero-order valence-corrected chi connectivity index (χ0v) is 22.5. The molecule has 10 heteroatoms. The lowest BCUT2D eigenvalue weighted by molar-refractivity contribution is 0.287. The van der Waals surface area contributed by atoms with E-state index in [1.54, 1.807) is 17.4 Å². The third-order valence-electron chi connectivity index (χ3n) is 7.21. The van der Waals surface area contributed by atoms with Crippen molar-refractivity contribution in [3.05, 3.63) is 53.5 Å². The number of likely N-dealkylation sites (N-methyl/N-ethyl adjacent to an activating group) is 1. The van der Waals surface area contributed by atoms with Crippen LogP contribution < -0.4 is 19.9 Å². The zero-order valence-electron chi connectivity index (χ0n) is 21.7. The fourth-order valence-corrected chi connectivity index (χ4v) is 6.07. The minimum atomic E-state index is -0.617. The normalized spacial score (nSPS) is 16.2. The zero-order chi connectivity index (χ0) is 26.4. The number of hydrogen-bond acceptors (Lipinski definition) is 8. The molecule has 2 aliphatic rings. The predicted molar refractivity (Wildman–Crippen MR) is 150 cm³/mol. The van der Waals surface area contributed by atoms with E-state index in [0.717, 1.165) is 43.4 Å². The molecule has 1 saturated heterocycles. The Morgan fingerprint density at radius 2 is 1.82 bits per heavy atom. The second kappa shape index (κ2) is 9.99. The van der Waals surface area contributed by atoms with Crippen molar-refractivity contribution in [1.29, 1.82) is 0 Å². The van der Waals surface area contributed by atoms with Crippen molar-refractivity contribution in [2.75, 3.05) is 61.5 Å². The first-order valence-corrected chi connectivity index (χ1v) is 13.7. The minimum absolute atomic E-state index is 0.0354. The maximum Gasteiger partial charge on any atom is 0.227 e. The summed E-state index contributed by atoms with van der Waals surface area (Å²) in [6.07, 6.45) is 1.12. The molecule has 0 unspecified atom stereocenters. The highest BCUT2D eigenvalue weighted by Crippen LogP contribution is 2.40. The number of rotatable bonds is 5. The second-order valence-electron chi connectivity index (χ2n) is 10.1. The van der Waals surface area contributed by atoms with Crippen molar-refractivity contribution in [2.45, 2.75) is 19.9 Å². The molecule has 6 rings (SSSR count). The molecule has 0 radical (unpaired) electrons. The molecule has 0 atom stereocenters. The van der Waals surface area contributed by atoms with Gasteiger partial charge >= 0.3 is 0 Å². The number of aromatic nitrogens is 2. The van der Waals surface area contributed by atoms with Crippen LogP contribution in [0, 0.1) is 11.6 Å². The van der Waals surface area contributed by atoms with Gasteiger partial charge in [0.2, 0.25) is 5.95 Å². The minimum Gasteiger partial charge on any atom is -0.486 e. The van der Waals surface area contributed by atoms with Gasteiger partial charge in [0.15, 0.2) is 17.4 Å². The molecule has 0 saturated carbocycles. The Morgan fingerprint density at radius 1 is 1.00 bits per heavy atom. The van der Waals surface area contributed by atoms with Crippen LogP contribution in [0.2, 0.25) is 0 Å². The highest BCUT2D eigenvalue weighted by Gasteiger charge is 2.26. The third kappa shape index (κ3) is 4.63. The van der Waals surface area contributed by atoms with Crippen molar-refractivity contribution in [1.82, 2.24) is 14.9 Å². The maximum atomic E-state index is 15.0. The van der Waals surface area contributed by atoms with Crippen LogP contribution in [0.15, 0.2) is 41.9 Å². The molecule has 38 heavy (non-hydrogen) atoms. The van der Waals surface area contributed by atoms with Gasteiger partial charge in [0.05, 0.1) is 24.1 Å². The Morgan fingerprint density at radius 3 is 2.61 bits per heavy atom. The number of piperazine rings is 1. The fraction of sp³-hybridized carbons (Fsp3) is 0.357. The second-order valence-corrected chi connectivity index (χ2v) is 11.0. The average Bonchev–Trinajstić information content (AvgIpc) is 3.33. The molecule has 2 aromatic heterocycles. The van der Waals surface area contributed by atoms with Crippen LogP contribution in [-0.2, 0) is 0 Å². The summed E-state index contributed by atoms with van der Waals surface area (Å²) in [4.78, 5) is 15.4. The van der Waals surface area contributed by atoms with E-state index in [-0.39, 0.29) is 23.4 Å². The van der Waals surface area contributed by atoms with Crippen LogP contribution in [0.3, 0.4) is 0 Å². The van der Waals surface area contributed by atoms with Crippen molar-refractivity contribution >= 4 is 44.4 Å². The van der Waals surface area contributed by atoms with E-state index >= 15 is 4.39 Å². The summed E-state index contributed by atoms with van der Waals surface area (Å²) in [6, 6.07) is 9.29. The lowest BCUT2D eigenvalue weighted by Crippen LogP contribution is -2.44. The van der Waals surface area contributed by atoms with Crippen LogP contribution in [0.5, 0.6) is 5.75 Å². The SMILES string of the molecule is CC(C)N1CCOc2c(F)cc(-c3nc(Nc4ccc5scc(N6CCN(C)CC6)c5c4)ncc3F)cc21. The molecule has 4 aromatic rings. The molecule has 1 fully saturated rings. The van der Waals surface area contributed by atoms with Gasteiger partial charge in [-0.1, -0.05) is 0 Å². The first kappa shape index (κ1) is 24.8. The van der Waals surface area contributed by atoms with Gasteiger partial charge in [0.1, 0.15) is 12.3 Å². The van der Waals surface area contributed by atoms with Crippen molar-refractivity contribution in [3.8, 4) is 17.0 Å². The number of nitrogens with one attached hydrogen (secondary N) is 1. The smallest absolute Gasteiger partial charge is 0.227 e. The van der Waals surface area contributed by atoms with E-state index in [2.05, 4.69) is 54.5 Å². The Kier molecular flexibility index (Phi) is 6.53. The Hall–Kier alpha value is -3.50. The van der Waals surface area contributed by atoms with E-state index in [9.17, 15) is 4.39 Å². The number of thiophene rings is 1. The maximum absolute atomic E-state index is 15.0. The predicted octanol–water partition coefficient (Wildman–Crippen LogP) is 5.74. The number of benzene rings is 2.